The Morgan fingerprint density at radius 3 is 2.43 bits per heavy atom. The van der Waals surface area contributed by atoms with Gasteiger partial charge in [-0.2, -0.15) is 5.26 Å². The van der Waals surface area contributed by atoms with Crippen LogP contribution in [0.15, 0.2) is 41.3 Å². The molecule has 5 nitrogen and oxygen atoms in total. The number of aryl methyl sites for hydroxylation is 1. The summed E-state index contributed by atoms with van der Waals surface area (Å²) in [6.07, 6.45) is 0. The first kappa shape index (κ1) is 15.2. The smallest absolute Gasteiger partial charge is 0.262 e. The summed E-state index contributed by atoms with van der Waals surface area (Å²) in [5.41, 5.74) is 7.16. The predicted molar refractivity (Wildman–Crippen MR) is 82.6 cm³/mol. The Morgan fingerprint density at radius 1 is 1.24 bits per heavy atom. The summed E-state index contributed by atoms with van der Waals surface area (Å²) < 4.78 is 27.2. The fraction of sp³-hybridized carbons (Fsp3) is 0.0714. The Kier molecular flexibility index (Phi) is 4.07. The molecule has 7 heteroatoms. The molecule has 2 aromatic carbocycles. The van der Waals surface area contributed by atoms with Crippen molar-refractivity contribution in [2.45, 2.75) is 11.8 Å². The van der Waals surface area contributed by atoms with Gasteiger partial charge in [-0.15, -0.1) is 0 Å². The van der Waals surface area contributed by atoms with Crippen molar-refractivity contribution in [3.05, 3.63) is 52.5 Å². The van der Waals surface area contributed by atoms with Crippen LogP contribution in [0, 0.1) is 18.3 Å². The summed E-state index contributed by atoms with van der Waals surface area (Å²) in [6.45, 7) is 1.64. The Labute approximate surface area is 128 Å². The fourth-order valence-corrected chi connectivity index (χ4v) is 3.32. The van der Waals surface area contributed by atoms with Gasteiger partial charge in [0.15, 0.2) is 0 Å². The van der Waals surface area contributed by atoms with Crippen molar-refractivity contribution < 1.29 is 8.42 Å². The van der Waals surface area contributed by atoms with Crippen LogP contribution in [0.5, 0.6) is 0 Å². The zero-order valence-electron chi connectivity index (χ0n) is 11.1. The Bertz CT molecular complexity index is 825. The molecule has 0 unspecified atom stereocenters. The number of rotatable bonds is 3. The normalized spacial score (nSPS) is 10.9. The first-order valence-electron chi connectivity index (χ1n) is 5.92. The second-order valence-corrected chi connectivity index (χ2v) is 6.49. The van der Waals surface area contributed by atoms with Crippen LogP contribution in [0.25, 0.3) is 0 Å². The lowest BCUT2D eigenvalue weighted by atomic mass is 10.2. The molecule has 0 fully saturated rings. The van der Waals surface area contributed by atoms with Crippen molar-refractivity contribution in [3.63, 3.8) is 0 Å². The monoisotopic (exact) mass is 321 g/mol. The van der Waals surface area contributed by atoms with E-state index in [2.05, 4.69) is 4.72 Å². The van der Waals surface area contributed by atoms with Gasteiger partial charge < -0.3 is 5.73 Å². The van der Waals surface area contributed by atoms with Gasteiger partial charge >= 0.3 is 0 Å². The molecule has 21 heavy (non-hydrogen) atoms. The van der Waals surface area contributed by atoms with Gasteiger partial charge in [0.25, 0.3) is 10.0 Å². The highest BCUT2D eigenvalue weighted by Gasteiger charge is 2.18. The molecular formula is C14H12ClN3O2S. The number of anilines is 2. The Balaban J connectivity index is 2.38. The van der Waals surface area contributed by atoms with Crippen LogP contribution in [-0.2, 0) is 10.0 Å². The van der Waals surface area contributed by atoms with Gasteiger partial charge in [0.2, 0.25) is 0 Å². The molecule has 0 heterocycles. The molecule has 0 aliphatic rings. The SMILES string of the molecule is Cc1cc(Cl)c(N)cc1S(=O)(=O)Nc1ccc(C#N)cc1. The van der Waals surface area contributed by atoms with E-state index >= 15 is 0 Å². The topological polar surface area (TPSA) is 96.0 Å². The first-order chi connectivity index (χ1) is 9.83. The molecule has 0 saturated heterocycles. The van der Waals surface area contributed by atoms with E-state index in [1.807, 2.05) is 6.07 Å². The van der Waals surface area contributed by atoms with Gasteiger partial charge in [-0.25, -0.2) is 8.42 Å². The molecule has 0 aliphatic carbocycles. The standard InChI is InChI=1S/C14H12ClN3O2S/c1-9-6-12(15)13(17)7-14(9)21(19,20)18-11-4-2-10(8-16)3-5-11/h2-7,18H,17H2,1H3. The van der Waals surface area contributed by atoms with Crippen LogP contribution in [0.2, 0.25) is 5.02 Å². The first-order valence-corrected chi connectivity index (χ1v) is 7.78. The van der Waals surface area contributed by atoms with Gasteiger partial charge in [-0.05, 0) is 48.9 Å². The van der Waals surface area contributed by atoms with E-state index in [0.29, 0.717) is 21.8 Å². The molecule has 0 amide bonds. The highest BCUT2D eigenvalue weighted by Crippen LogP contribution is 2.27. The lowest BCUT2D eigenvalue weighted by Crippen LogP contribution is -2.14. The molecule has 0 aromatic heterocycles. The third kappa shape index (κ3) is 3.27. The van der Waals surface area contributed by atoms with E-state index in [0.717, 1.165) is 0 Å². The molecular weight excluding hydrogens is 310 g/mol. The number of nitriles is 1. The minimum Gasteiger partial charge on any atom is -0.397 e. The van der Waals surface area contributed by atoms with Gasteiger partial charge in [0.05, 0.1) is 27.2 Å². The number of sulfonamides is 1. The van der Waals surface area contributed by atoms with Crippen molar-refractivity contribution in [2.75, 3.05) is 10.5 Å². The van der Waals surface area contributed by atoms with E-state index < -0.39 is 10.0 Å². The van der Waals surface area contributed by atoms with Crippen LogP contribution in [0.1, 0.15) is 11.1 Å². The largest absolute Gasteiger partial charge is 0.397 e. The van der Waals surface area contributed by atoms with Gasteiger partial charge in [-0.1, -0.05) is 11.6 Å². The second-order valence-electron chi connectivity index (χ2n) is 4.43. The van der Waals surface area contributed by atoms with E-state index in [9.17, 15) is 8.42 Å². The molecule has 0 saturated carbocycles. The average molecular weight is 322 g/mol. The number of nitrogen functional groups attached to an aromatic ring is 1. The number of benzene rings is 2. The molecule has 108 valence electrons. The van der Waals surface area contributed by atoms with Gasteiger partial charge in [0, 0.05) is 5.69 Å². The number of halogens is 1. The Morgan fingerprint density at radius 2 is 1.86 bits per heavy atom. The number of hydrogen-bond donors (Lipinski definition) is 2. The summed E-state index contributed by atoms with van der Waals surface area (Å²) in [6, 6.07) is 10.9. The third-order valence-electron chi connectivity index (χ3n) is 2.85. The molecule has 0 atom stereocenters. The highest BCUT2D eigenvalue weighted by atomic mass is 35.5. The van der Waals surface area contributed by atoms with E-state index in [4.69, 9.17) is 22.6 Å². The van der Waals surface area contributed by atoms with Gasteiger partial charge in [0.1, 0.15) is 0 Å². The summed E-state index contributed by atoms with van der Waals surface area (Å²) in [7, 11) is -3.77. The van der Waals surface area contributed by atoms with E-state index in [1.54, 1.807) is 6.92 Å². The van der Waals surface area contributed by atoms with Crippen molar-refractivity contribution in [1.82, 2.24) is 0 Å². The summed E-state index contributed by atoms with van der Waals surface area (Å²) >= 11 is 5.86. The highest BCUT2D eigenvalue weighted by molar-refractivity contribution is 7.92. The van der Waals surface area contributed by atoms with Crippen LogP contribution in [0.3, 0.4) is 0 Å². The van der Waals surface area contributed by atoms with Crippen molar-refractivity contribution in [3.8, 4) is 6.07 Å². The average Bonchev–Trinajstić information content (AvgIpc) is 2.43. The summed E-state index contributed by atoms with van der Waals surface area (Å²) in [4.78, 5) is 0.0637. The van der Waals surface area contributed by atoms with Crippen LogP contribution in [0.4, 0.5) is 11.4 Å². The van der Waals surface area contributed by atoms with Crippen LogP contribution in [-0.4, -0.2) is 8.42 Å². The van der Waals surface area contributed by atoms with Crippen LogP contribution >= 0.6 is 11.6 Å². The lowest BCUT2D eigenvalue weighted by molar-refractivity contribution is 0.600. The van der Waals surface area contributed by atoms with Crippen molar-refractivity contribution >= 4 is 33.0 Å². The molecule has 0 radical (unpaired) electrons. The second kappa shape index (κ2) is 5.64. The molecule has 0 aliphatic heterocycles. The quantitative estimate of drug-likeness (QED) is 0.849. The Hall–Kier alpha value is -2.23. The maximum atomic E-state index is 12.4. The molecule has 2 rings (SSSR count). The number of nitrogens with one attached hydrogen (secondary N) is 1. The lowest BCUT2D eigenvalue weighted by Gasteiger charge is -2.12. The minimum atomic E-state index is -3.77. The zero-order valence-corrected chi connectivity index (χ0v) is 12.7. The molecule has 2 aromatic rings. The van der Waals surface area contributed by atoms with E-state index in [1.165, 1.54) is 36.4 Å². The van der Waals surface area contributed by atoms with Crippen molar-refractivity contribution in [2.24, 2.45) is 0 Å². The van der Waals surface area contributed by atoms with Crippen LogP contribution < -0.4 is 10.5 Å². The third-order valence-corrected chi connectivity index (χ3v) is 4.70. The molecule has 3 N–H and O–H groups in total. The fourth-order valence-electron chi connectivity index (χ4n) is 1.78. The predicted octanol–water partition coefficient (Wildman–Crippen LogP) is 2.90. The molecule has 0 spiro atoms. The summed E-state index contributed by atoms with van der Waals surface area (Å²) in [5, 5.41) is 9.03. The zero-order chi connectivity index (χ0) is 15.6. The van der Waals surface area contributed by atoms with E-state index in [-0.39, 0.29) is 10.6 Å². The maximum absolute atomic E-state index is 12.4. The molecule has 0 bridgehead atoms. The maximum Gasteiger partial charge on any atom is 0.262 e. The van der Waals surface area contributed by atoms with Crippen molar-refractivity contribution in [1.29, 1.82) is 5.26 Å². The summed E-state index contributed by atoms with van der Waals surface area (Å²) in [5.74, 6) is 0. The number of nitrogens with two attached hydrogens (primary N) is 1. The van der Waals surface area contributed by atoms with Gasteiger partial charge in [-0.3, -0.25) is 4.72 Å². The number of nitrogens with zero attached hydrogens (tertiary/aromatic N) is 1. The minimum absolute atomic E-state index is 0.0637. The number of hydrogen-bond acceptors (Lipinski definition) is 4.